The molecule has 4 heteroatoms. The van der Waals surface area contributed by atoms with E-state index in [4.69, 9.17) is 5.73 Å². The van der Waals surface area contributed by atoms with Gasteiger partial charge in [0.05, 0.1) is 11.3 Å². The average Bonchev–Trinajstić information content (AvgIpc) is 2.46. The molecule has 2 aromatic rings. The molecule has 0 aliphatic heterocycles. The lowest BCUT2D eigenvalue weighted by Gasteiger charge is -2.22. The van der Waals surface area contributed by atoms with E-state index in [0.29, 0.717) is 11.4 Å². The van der Waals surface area contributed by atoms with Crippen LogP contribution in [0.15, 0.2) is 42.5 Å². The van der Waals surface area contributed by atoms with Crippen LogP contribution in [0.1, 0.15) is 22.8 Å². The van der Waals surface area contributed by atoms with Crippen LogP contribution in [-0.4, -0.2) is 18.1 Å². The number of nitrogen functional groups attached to an aromatic ring is 1. The number of aromatic carboxylic acids is 1. The normalized spacial score (nSPS) is 10.3. The second kappa shape index (κ2) is 5.65. The predicted octanol–water partition coefficient (Wildman–Crippen LogP) is 3.30. The first-order valence-corrected chi connectivity index (χ1v) is 6.48. The first-order valence-electron chi connectivity index (χ1n) is 6.48. The molecule has 0 amide bonds. The molecule has 2 aromatic carbocycles. The van der Waals surface area contributed by atoms with Gasteiger partial charge in [-0.15, -0.1) is 0 Å². The van der Waals surface area contributed by atoms with Gasteiger partial charge in [0.15, 0.2) is 0 Å². The van der Waals surface area contributed by atoms with Crippen LogP contribution in [0.25, 0.3) is 0 Å². The quantitative estimate of drug-likeness (QED) is 0.836. The van der Waals surface area contributed by atoms with Gasteiger partial charge in [0.2, 0.25) is 0 Å². The number of benzene rings is 2. The first kappa shape index (κ1) is 13.9. The summed E-state index contributed by atoms with van der Waals surface area (Å²) in [5, 5.41) is 9.27. The van der Waals surface area contributed by atoms with Crippen molar-refractivity contribution in [2.24, 2.45) is 0 Å². The van der Waals surface area contributed by atoms with E-state index in [1.165, 1.54) is 11.6 Å². The summed E-state index contributed by atoms with van der Waals surface area (Å²) in [5.41, 5.74) is 9.31. The van der Waals surface area contributed by atoms with Gasteiger partial charge in [-0.3, -0.25) is 0 Å². The molecule has 0 atom stereocenters. The molecular formula is C16H18N2O2. The molecule has 4 nitrogen and oxygen atoms in total. The number of hydrogen-bond acceptors (Lipinski definition) is 3. The third-order valence-electron chi connectivity index (χ3n) is 3.35. The summed E-state index contributed by atoms with van der Waals surface area (Å²) in [4.78, 5) is 13.1. The number of aryl methyl sites for hydroxylation is 1. The number of carboxylic acids is 1. The van der Waals surface area contributed by atoms with E-state index in [1.807, 2.05) is 36.2 Å². The molecule has 0 radical (unpaired) electrons. The Labute approximate surface area is 118 Å². The molecule has 104 valence electrons. The first-order chi connectivity index (χ1) is 9.52. The zero-order valence-electron chi connectivity index (χ0n) is 11.6. The number of carboxylic acid groups (broad SMARTS) is 1. The summed E-state index contributed by atoms with van der Waals surface area (Å²) in [7, 11) is 1.84. The molecule has 0 fully saturated rings. The maximum Gasteiger partial charge on any atom is 0.337 e. The average molecular weight is 270 g/mol. The molecule has 0 aromatic heterocycles. The molecule has 0 aliphatic rings. The van der Waals surface area contributed by atoms with E-state index < -0.39 is 5.97 Å². The fourth-order valence-electron chi connectivity index (χ4n) is 2.10. The van der Waals surface area contributed by atoms with Crippen molar-refractivity contribution in [1.82, 2.24) is 0 Å². The van der Waals surface area contributed by atoms with E-state index >= 15 is 0 Å². The monoisotopic (exact) mass is 270 g/mol. The number of anilines is 3. The van der Waals surface area contributed by atoms with Gasteiger partial charge < -0.3 is 15.7 Å². The Morgan fingerprint density at radius 2 is 1.85 bits per heavy atom. The van der Waals surface area contributed by atoms with E-state index in [2.05, 4.69) is 6.92 Å². The van der Waals surface area contributed by atoms with E-state index in [-0.39, 0.29) is 5.56 Å². The van der Waals surface area contributed by atoms with Crippen LogP contribution in [0, 0.1) is 0 Å². The second-order valence-electron chi connectivity index (χ2n) is 4.66. The van der Waals surface area contributed by atoms with Gasteiger partial charge in [-0.25, -0.2) is 4.79 Å². The summed E-state index contributed by atoms with van der Waals surface area (Å²) >= 11 is 0. The van der Waals surface area contributed by atoms with Crippen molar-refractivity contribution in [3.8, 4) is 0 Å². The maximum absolute atomic E-state index is 11.3. The minimum absolute atomic E-state index is 0.237. The van der Waals surface area contributed by atoms with Crippen molar-refractivity contribution < 1.29 is 9.90 Å². The summed E-state index contributed by atoms with van der Waals surface area (Å²) in [6, 6.07) is 12.8. The zero-order valence-corrected chi connectivity index (χ0v) is 11.6. The standard InChI is InChI=1S/C16H18N2O2/c1-3-11-4-7-13(8-5-11)18(2)15-10-12(17)6-9-14(15)16(19)20/h4-10H,3,17H2,1-2H3,(H,19,20). The molecule has 3 N–H and O–H groups in total. The van der Waals surface area contributed by atoms with E-state index in [1.54, 1.807) is 12.1 Å². The summed E-state index contributed by atoms with van der Waals surface area (Å²) in [5.74, 6) is -0.961. The maximum atomic E-state index is 11.3. The van der Waals surface area contributed by atoms with Crippen LogP contribution in [0.3, 0.4) is 0 Å². The van der Waals surface area contributed by atoms with Crippen molar-refractivity contribution >= 4 is 23.0 Å². The third kappa shape index (κ3) is 2.74. The molecular weight excluding hydrogens is 252 g/mol. The summed E-state index contributed by atoms with van der Waals surface area (Å²) in [6.07, 6.45) is 0.975. The molecule has 2 rings (SSSR count). The number of rotatable bonds is 4. The lowest BCUT2D eigenvalue weighted by atomic mass is 10.1. The highest BCUT2D eigenvalue weighted by Crippen LogP contribution is 2.29. The minimum Gasteiger partial charge on any atom is -0.478 e. The SMILES string of the molecule is CCc1ccc(N(C)c2cc(N)ccc2C(=O)O)cc1. The zero-order chi connectivity index (χ0) is 14.7. The van der Waals surface area contributed by atoms with Crippen LogP contribution >= 0.6 is 0 Å². The number of nitrogens with two attached hydrogens (primary N) is 1. The molecule has 0 aliphatic carbocycles. The molecule has 0 heterocycles. The fraction of sp³-hybridized carbons (Fsp3) is 0.188. The number of hydrogen-bond donors (Lipinski definition) is 2. The van der Waals surface area contributed by atoms with Gasteiger partial charge in [-0.05, 0) is 42.3 Å². The lowest BCUT2D eigenvalue weighted by Crippen LogP contribution is -2.14. The summed E-state index contributed by atoms with van der Waals surface area (Å²) < 4.78 is 0. The molecule has 0 saturated heterocycles. The Hall–Kier alpha value is -2.49. The smallest absolute Gasteiger partial charge is 0.337 e. The third-order valence-corrected chi connectivity index (χ3v) is 3.35. The van der Waals surface area contributed by atoms with Crippen molar-refractivity contribution in [2.75, 3.05) is 17.7 Å². The Morgan fingerprint density at radius 1 is 1.20 bits per heavy atom. The van der Waals surface area contributed by atoms with Crippen molar-refractivity contribution in [3.05, 3.63) is 53.6 Å². The van der Waals surface area contributed by atoms with Crippen LogP contribution in [0.5, 0.6) is 0 Å². The highest BCUT2D eigenvalue weighted by molar-refractivity contribution is 5.96. The molecule has 20 heavy (non-hydrogen) atoms. The van der Waals surface area contributed by atoms with Gasteiger partial charge in [-0.2, -0.15) is 0 Å². The lowest BCUT2D eigenvalue weighted by molar-refractivity contribution is 0.0697. The van der Waals surface area contributed by atoms with Gasteiger partial charge in [0.1, 0.15) is 0 Å². The predicted molar refractivity (Wildman–Crippen MR) is 81.7 cm³/mol. The van der Waals surface area contributed by atoms with Crippen molar-refractivity contribution in [2.45, 2.75) is 13.3 Å². The Bertz CT molecular complexity index is 621. The molecule has 0 bridgehead atoms. The van der Waals surface area contributed by atoms with Crippen LogP contribution in [0.4, 0.5) is 17.1 Å². The van der Waals surface area contributed by atoms with Gasteiger partial charge in [0.25, 0.3) is 0 Å². The molecule has 0 spiro atoms. The van der Waals surface area contributed by atoms with Gasteiger partial charge in [-0.1, -0.05) is 19.1 Å². The van der Waals surface area contributed by atoms with Gasteiger partial charge >= 0.3 is 5.97 Å². The Morgan fingerprint density at radius 3 is 2.40 bits per heavy atom. The van der Waals surface area contributed by atoms with Gasteiger partial charge in [0, 0.05) is 18.4 Å². The number of carbonyl (C=O) groups is 1. The van der Waals surface area contributed by atoms with Crippen molar-refractivity contribution in [3.63, 3.8) is 0 Å². The molecule has 0 unspecified atom stereocenters. The van der Waals surface area contributed by atoms with Crippen molar-refractivity contribution in [1.29, 1.82) is 0 Å². The van der Waals surface area contributed by atoms with E-state index in [0.717, 1.165) is 12.1 Å². The van der Waals surface area contributed by atoms with E-state index in [9.17, 15) is 9.90 Å². The summed E-state index contributed by atoms with van der Waals surface area (Å²) in [6.45, 7) is 2.10. The fourth-order valence-corrected chi connectivity index (χ4v) is 2.10. The minimum atomic E-state index is -0.961. The highest BCUT2D eigenvalue weighted by Gasteiger charge is 2.14. The highest BCUT2D eigenvalue weighted by atomic mass is 16.4. The largest absolute Gasteiger partial charge is 0.478 e. The van der Waals surface area contributed by atoms with Crippen LogP contribution < -0.4 is 10.6 Å². The van der Waals surface area contributed by atoms with Crippen LogP contribution in [-0.2, 0) is 6.42 Å². The Kier molecular flexibility index (Phi) is 3.94. The second-order valence-corrected chi connectivity index (χ2v) is 4.66. The van der Waals surface area contributed by atoms with Crippen LogP contribution in [0.2, 0.25) is 0 Å². The number of nitrogens with zero attached hydrogens (tertiary/aromatic N) is 1. The topological polar surface area (TPSA) is 66.6 Å². The molecule has 0 saturated carbocycles. The Balaban J connectivity index is 2.43.